The van der Waals surface area contributed by atoms with E-state index in [1.54, 1.807) is 0 Å². The van der Waals surface area contributed by atoms with Crippen molar-refractivity contribution >= 4 is 15.6 Å². The zero-order valence-corrected chi connectivity index (χ0v) is 12.5. The maximum Gasteiger partial charge on any atom is 0.148 e. The fraction of sp³-hybridized carbons (Fsp3) is 0.923. The number of rotatable bonds is 6. The van der Waals surface area contributed by atoms with Gasteiger partial charge in [-0.2, -0.15) is 0 Å². The summed E-state index contributed by atoms with van der Waals surface area (Å²) in [6.45, 7) is 6.33. The van der Waals surface area contributed by atoms with Crippen molar-refractivity contribution in [2.24, 2.45) is 11.8 Å². The van der Waals surface area contributed by atoms with Crippen LogP contribution in [0.3, 0.4) is 0 Å². The van der Waals surface area contributed by atoms with Gasteiger partial charge in [0.15, 0.2) is 0 Å². The van der Waals surface area contributed by atoms with Gasteiger partial charge in [0.2, 0.25) is 0 Å². The Morgan fingerprint density at radius 3 is 2.61 bits per heavy atom. The van der Waals surface area contributed by atoms with Crippen LogP contribution in [0, 0.1) is 11.8 Å². The predicted octanol–water partition coefficient (Wildman–Crippen LogP) is 1.36. The van der Waals surface area contributed by atoms with E-state index in [-0.39, 0.29) is 11.7 Å². The van der Waals surface area contributed by atoms with Crippen molar-refractivity contribution in [1.82, 2.24) is 4.90 Å². The molecule has 5 heteroatoms. The largest absolute Gasteiger partial charge is 0.302 e. The minimum Gasteiger partial charge on any atom is -0.302 e. The van der Waals surface area contributed by atoms with Gasteiger partial charge in [-0.15, -0.1) is 0 Å². The molecule has 1 aliphatic heterocycles. The second-order valence-electron chi connectivity index (χ2n) is 5.83. The minimum atomic E-state index is -2.91. The topological polar surface area (TPSA) is 54.5 Å². The quantitative estimate of drug-likeness (QED) is 0.734. The van der Waals surface area contributed by atoms with E-state index in [4.69, 9.17) is 0 Å². The van der Waals surface area contributed by atoms with Gasteiger partial charge in [0.05, 0.1) is 5.75 Å². The van der Waals surface area contributed by atoms with E-state index >= 15 is 0 Å². The third-order valence-corrected chi connectivity index (χ3v) is 4.27. The molecule has 0 amide bonds. The molecule has 0 N–H and O–H groups in total. The van der Waals surface area contributed by atoms with Crippen molar-refractivity contribution in [2.45, 2.75) is 33.1 Å². The van der Waals surface area contributed by atoms with Crippen LogP contribution in [0.4, 0.5) is 0 Å². The molecule has 18 heavy (non-hydrogen) atoms. The molecule has 106 valence electrons. The van der Waals surface area contributed by atoms with E-state index in [2.05, 4.69) is 18.7 Å². The number of Topliss-reactive ketones (excluding diaryl/α,β-unsaturated/α-hetero) is 1. The zero-order chi connectivity index (χ0) is 13.8. The molecule has 0 saturated carbocycles. The molecule has 1 unspecified atom stereocenters. The van der Waals surface area contributed by atoms with E-state index in [1.807, 2.05) is 0 Å². The molecule has 4 nitrogen and oxygen atoms in total. The molecule has 1 aliphatic rings. The molecule has 1 fully saturated rings. The number of likely N-dealkylation sites (tertiary alicyclic amines) is 1. The Labute approximate surface area is 111 Å². The lowest BCUT2D eigenvalue weighted by Crippen LogP contribution is -2.41. The van der Waals surface area contributed by atoms with Crippen molar-refractivity contribution in [3.8, 4) is 0 Å². The molecular formula is C13H25NO3S. The number of ketones is 1. The minimum absolute atomic E-state index is 0.112. The van der Waals surface area contributed by atoms with Crippen molar-refractivity contribution in [1.29, 1.82) is 0 Å². The van der Waals surface area contributed by atoms with Crippen LogP contribution in [-0.2, 0) is 14.6 Å². The highest BCUT2D eigenvalue weighted by atomic mass is 32.2. The predicted molar refractivity (Wildman–Crippen MR) is 73.3 cm³/mol. The summed E-state index contributed by atoms with van der Waals surface area (Å²) in [4.78, 5) is 14.1. The summed E-state index contributed by atoms with van der Waals surface area (Å²) >= 11 is 0. The molecule has 0 aromatic rings. The Hall–Kier alpha value is -0.420. The third kappa shape index (κ3) is 5.96. The first-order valence-electron chi connectivity index (χ1n) is 6.70. The normalized spacial score (nSPS) is 22.3. The van der Waals surface area contributed by atoms with Crippen LogP contribution in [0.2, 0.25) is 0 Å². The Morgan fingerprint density at radius 2 is 2.06 bits per heavy atom. The number of hydrogen-bond acceptors (Lipinski definition) is 4. The van der Waals surface area contributed by atoms with Crippen LogP contribution in [0.15, 0.2) is 0 Å². The fourth-order valence-electron chi connectivity index (χ4n) is 2.39. The van der Waals surface area contributed by atoms with Gasteiger partial charge in [-0.25, -0.2) is 8.42 Å². The summed E-state index contributed by atoms with van der Waals surface area (Å²) in [7, 11) is -2.91. The first kappa shape index (κ1) is 15.6. The van der Waals surface area contributed by atoms with E-state index in [0.29, 0.717) is 24.7 Å². The summed E-state index contributed by atoms with van der Waals surface area (Å²) in [6, 6.07) is 0. The van der Waals surface area contributed by atoms with Gasteiger partial charge in [-0.3, -0.25) is 4.79 Å². The van der Waals surface area contributed by atoms with Crippen LogP contribution in [0.1, 0.15) is 33.1 Å². The molecule has 1 atom stereocenters. The lowest BCUT2D eigenvalue weighted by Gasteiger charge is -2.32. The van der Waals surface area contributed by atoms with Gasteiger partial charge < -0.3 is 4.90 Å². The second-order valence-corrected chi connectivity index (χ2v) is 8.09. The molecule has 0 aromatic heterocycles. The molecule has 1 saturated heterocycles. The lowest BCUT2D eigenvalue weighted by atomic mass is 9.89. The number of sulfone groups is 1. The molecule has 1 rings (SSSR count). The number of carbonyl (C=O) groups excluding carboxylic acids is 1. The van der Waals surface area contributed by atoms with E-state index in [1.165, 1.54) is 6.26 Å². The van der Waals surface area contributed by atoms with Crippen LogP contribution in [0.5, 0.6) is 0 Å². The Kier molecular flexibility index (Phi) is 5.79. The van der Waals surface area contributed by atoms with Gasteiger partial charge in [-0.05, 0) is 25.3 Å². The third-order valence-electron chi connectivity index (χ3n) is 3.35. The van der Waals surface area contributed by atoms with E-state index < -0.39 is 9.84 Å². The molecule has 1 heterocycles. The molecular weight excluding hydrogens is 250 g/mol. The Balaban J connectivity index is 2.43. The summed E-state index contributed by atoms with van der Waals surface area (Å²) in [5.74, 6) is 1.05. The maximum atomic E-state index is 12.0. The van der Waals surface area contributed by atoms with Gasteiger partial charge in [-0.1, -0.05) is 13.8 Å². The van der Waals surface area contributed by atoms with Crippen LogP contribution in [-0.4, -0.2) is 50.7 Å². The number of hydrogen-bond donors (Lipinski definition) is 0. The summed E-state index contributed by atoms with van der Waals surface area (Å²) < 4.78 is 22.3. The summed E-state index contributed by atoms with van der Waals surface area (Å²) in [5.41, 5.74) is 0. The van der Waals surface area contributed by atoms with Gasteiger partial charge in [0, 0.05) is 31.7 Å². The second kappa shape index (κ2) is 6.66. The summed E-state index contributed by atoms with van der Waals surface area (Å²) in [6.07, 6.45) is 3.86. The molecule has 0 aromatic carbocycles. The number of carbonyl (C=O) groups is 1. The maximum absolute atomic E-state index is 12.0. The first-order valence-corrected chi connectivity index (χ1v) is 8.77. The molecule has 0 aliphatic carbocycles. The van der Waals surface area contributed by atoms with Crippen LogP contribution >= 0.6 is 0 Å². The number of piperidine rings is 1. The summed E-state index contributed by atoms with van der Waals surface area (Å²) in [5, 5.41) is 0. The van der Waals surface area contributed by atoms with Crippen molar-refractivity contribution in [2.75, 3.05) is 31.6 Å². The van der Waals surface area contributed by atoms with E-state index in [0.717, 1.165) is 25.9 Å². The van der Waals surface area contributed by atoms with Gasteiger partial charge >= 0.3 is 0 Å². The van der Waals surface area contributed by atoms with Gasteiger partial charge in [0.25, 0.3) is 0 Å². The van der Waals surface area contributed by atoms with Crippen molar-refractivity contribution in [3.63, 3.8) is 0 Å². The molecule has 0 radical (unpaired) electrons. The lowest BCUT2D eigenvalue weighted by molar-refractivity contribution is -0.125. The highest BCUT2D eigenvalue weighted by Gasteiger charge is 2.26. The Morgan fingerprint density at radius 1 is 1.39 bits per heavy atom. The van der Waals surface area contributed by atoms with E-state index in [9.17, 15) is 13.2 Å². The molecule has 0 bridgehead atoms. The monoisotopic (exact) mass is 275 g/mol. The van der Waals surface area contributed by atoms with Gasteiger partial charge in [0.1, 0.15) is 15.6 Å². The smallest absolute Gasteiger partial charge is 0.148 e. The first-order chi connectivity index (χ1) is 8.28. The standard InChI is InChI=1S/C13H25NO3S/c1-11(2)9-13(15)12-5-4-6-14(10-12)7-8-18(3,16)17/h11-12H,4-10H2,1-3H3. The highest BCUT2D eigenvalue weighted by Crippen LogP contribution is 2.20. The Bertz CT molecular complexity index is 376. The van der Waals surface area contributed by atoms with Crippen LogP contribution < -0.4 is 0 Å². The average molecular weight is 275 g/mol. The SMILES string of the molecule is CC(C)CC(=O)C1CCCN(CCS(C)(=O)=O)C1. The average Bonchev–Trinajstić information content (AvgIpc) is 2.25. The zero-order valence-electron chi connectivity index (χ0n) is 11.7. The number of nitrogens with zero attached hydrogens (tertiary/aromatic N) is 1. The fourth-order valence-corrected chi connectivity index (χ4v) is 2.98. The van der Waals surface area contributed by atoms with Crippen LogP contribution in [0.25, 0.3) is 0 Å². The van der Waals surface area contributed by atoms with Crippen molar-refractivity contribution in [3.05, 3.63) is 0 Å². The highest BCUT2D eigenvalue weighted by molar-refractivity contribution is 7.90. The van der Waals surface area contributed by atoms with Crippen molar-refractivity contribution < 1.29 is 13.2 Å². The molecule has 0 spiro atoms.